The van der Waals surface area contributed by atoms with E-state index in [2.05, 4.69) is 29.8 Å². The van der Waals surface area contributed by atoms with Crippen molar-refractivity contribution in [2.24, 2.45) is 23.7 Å². The van der Waals surface area contributed by atoms with Gasteiger partial charge in [-0.2, -0.15) is 0 Å². The van der Waals surface area contributed by atoms with Crippen molar-refractivity contribution in [2.75, 3.05) is 6.54 Å². The molecule has 80 valence electrons. The van der Waals surface area contributed by atoms with E-state index in [0.717, 1.165) is 30.2 Å². The van der Waals surface area contributed by atoms with Gasteiger partial charge in [0.1, 0.15) is 0 Å². The Labute approximate surface area is 91.9 Å². The highest BCUT2D eigenvalue weighted by molar-refractivity contribution is 5.11. The van der Waals surface area contributed by atoms with Crippen molar-refractivity contribution in [3.8, 4) is 0 Å². The molecule has 2 aliphatic carbocycles. The molecule has 0 aromatic carbocycles. The van der Waals surface area contributed by atoms with E-state index in [1.54, 1.807) is 0 Å². The summed E-state index contributed by atoms with van der Waals surface area (Å²) in [4.78, 5) is 0. The molecule has 1 saturated carbocycles. The van der Waals surface area contributed by atoms with Crippen LogP contribution in [0.3, 0.4) is 0 Å². The number of nitrogens with one attached hydrogen (secondary N) is 1. The number of rotatable bonds is 2. The molecule has 0 radical (unpaired) electrons. The van der Waals surface area contributed by atoms with Crippen LogP contribution < -0.4 is 5.32 Å². The fourth-order valence-corrected chi connectivity index (χ4v) is 3.60. The highest BCUT2D eigenvalue weighted by Crippen LogP contribution is 2.46. The Morgan fingerprint density at radius 2 is 2.33 bits per heavy atom. The van der Waals surface area contributed by atoms with E-state index in [0.29, 0.717) is 0 Å². The van der Waals surface area contributed by atoms with E-state index in [4.69, 9.17) is 0 Å². The van der Waals surface area contributed by atoms with Gasteiger partial charge in [-0.3, -0.25) is 0 Å². The van der Waals surface area contributed by atoms with Gasteiger partial charge in [-0.25, -0.2) is 0 Å². The van der Waals surface area contributed by atoms with Gasteiger partial charge in [-0.15, -0.1) is 5.73 Å². The van der Waals surface area contributed by atoms with Gasteiger partial charge in [0.2, 0.25) is 0 Å². The first-order valence-electron chi connectivity index (χ1n) is 6.16. The van der Waals surface area contributed by atoms with Gasteiger partial charge >= 0.3 is 0 Å². The highest BCUT2D eigenvalue weighted by Gasteiger charge is 2.37. The summed E-state index contributed by atoms with van der Waals surface area (Å²) < 4.78 is 0. The van der Waals surface area contributed by atoms with Crippen molar-refractivity contribution in [1.29, 1.82) is 0 Å². The fourth-order valence-electron chi connectivity index (χ4n) is 3.60. The normalized spacial score (nSPS) is 42.0. The van der Waals surface area contributed by atoms with E-state index >= 15 is 0 Å². The van der Waals surface area contributed by atoms with Gasteiger partial charge < -0.3 is 5.32 Å². The molecule has 1 heterocycles. The Kier molecular flexibility index (Phi) is 2.21. The van der Waals surface area contributed by atoms with Gasteiger partial charge in [-0.05, 0) is 49.4 Å². The standard InChI is InChI=1S/C14H19N/c1-2-14-8-11(9-15-14)7-13-6-10-3-4-12(13)5-10/h3-4,10-13,15H,1,5-9H2. The summed E-state index contributed by atoms with van der Waals surface area (Å²) in [5.74, 6) is 3.64. The van der Waals surface area contributed by atoms with Gasteiger partial charge in [0.05, 0.1) is 5.70 Å². The van der Waals surface area contributed by atoms with E-state index < -0.39 is 0 Å². The molecule has 1 saturated heterocycles. The molecule has 4 atom stereocenters. The molecule has 0 spiro atoms. The third-order valence-electron chi connectivity index (χ3n) is 4.36. The SMILES string of the molecule is C=C=C1CC(CC2CC3C=CC2C3)CN1. The zero-order chi connectivity index (χ0) is 10.3. The van der Waals surface area contributed by atoms with Crippen LogP contribution in [-0.4, -0.2) is 6.54 Å². The second-order valence-corrected chi connectivity index (χ2v) is 5.38. The fraction of sp³-hybridized carbons (Fsp3) is 0.643. The van der Waals surface area contributed by atoms with Crippen LogP contribution >= 0.6 is 0 Å². The summed E-state index contributed by atoms with van der Waals surface area (Å²) in [6, 6.07) is 0. The molecule has 1 aliphatic heterocycles. The molecule has 0 aromatic rings. The predicted octanol–water partition coefficient (Wildman–Crippen LogP) is 2.87. The maximum atomic E-state index is 3.71. The Morgan fingerprint density at radius 3 is 2.93 bits per heavy atom. The summed E-state index contributed by atoms with van der Waals surface area (Å²) in [6.07, 6.45) is 10.4. The summed E-state index contributed by atoms with van der Waals surface area (Å²) in [6.45, 7) is 4.86. The second-order valence-electron chi connectivity index (χ2n) is 5.38. The van der Waals surface area contributed by atoms with Crippen LogP contribution in [0.25, 0.3) is 0 Å². The van der Waals surface area contributed by atoms with Crippen LogP contribution in [0.15, 0.2) is 30.2 Å². The Hall–Kier alpha value is -0.940. The number of allylic oxidation sites excluding steroid dienone is 3. The average Bonchev–Trinajstić information content (AvgIpc) is 2.92. The van der Waals surface area contributed by atoms with Crippen LogP contribution in [-0.2, 0) is 0 Å². The lowest BCUT2D eigenvalue weighted by atomic mass is 9.84. The molecule has 2 fully saturated rings. The van der Waals surface area contributed by atoms with Crippen LogP contribution in [0.1, 0.15) is 25.7 Å². The van der Waals surface area contributed by atoms with E-state index in [1.165, 1.54) is 31.4 Å². The summed E-state index contributed by atoms with van der Waals surface area (Å²) >= 11 is 0. The third kappa shape index (κ3) is 1.66. The summed E-state index contributed by atoms with van der Waals surface area (Å²) in [5, 5.41) is 3.40. The molecule has 1 heteroatoms. The molecule has 3 rings (SSSR count). The van der Waals surface area contributed by atoms with Crippen molar-refractivity contribution in [2.45, 2.75) is 25.7 Å². The molecule has 15 heavy (non-hydrogen) atoms. The van der Waals surface area contributed by atoms with Crippen LogP contribution in [0, 0.1) is 23.7 Å². The monoisotopic (exact) mass is 201 g/mol. The maximum Gasteiger partial charge on any atom is 0.0535 e. The lowest BCUT2D eigenvalue weighted by Gasteiger charge is -2.20. The second kappa shape index (κ2) is 3.57. The Morgan fingerprint density at radius 1 is 1.40 bits per heavy atom. The zero-order valence-corrected chi connectivity index (χ0v) is 9.21. The molecular weight excluding hydrogens is 182 g/mol. The highest BCUT2D eigenvalue weighted by atomic mass is 14.9. The Balaban J connectivity index is 1.59. The molecule has 0 amide bonds. The average molecular weight is 201 g/mol. The van der Waals surface area contributed by atoms with Crippen LogP contribution in [0.4, 0.5) is 0 Å². The largest absolute Gasteiger partial charge is 0.382 e. The van der Waals surface area contributed by atoms with E-state index in [-0.39, 0.29) is 0 Å². The maximum absolute atomic E-state index is 3.71. The third-order valence-corrected chi connectivity index (χ3v) is 4.36. The molecule has 1 N–H and O–H groups in total. The molecule has 3 aliphatic rings. The quantitative estimate of drug-likeness (QED) is 0.535. The molecule has 4 unspecified atom stereocenters. The number of hydrogen-bond acceptors (Lipinski definition) is 1. The molecule has 0 aromatic heterocycles. The first kappa shape index (κ1) is 9.30. The lowest BCUT2D eigenvalue weighted by molar-refractivity contribution is 0.345. The number of hydrogen-bond donors (Lipinski definition) is 1. The smallest absolute Gasteiger partial charge is 0.0535 e. The van der Waals surface area contributed by atoms with Crippen molar-refractivity contribution >= 4 is 0 Å². The zero-order valence-electron chi connectivity index (χ0n) is 9.21. The van der Waals surface area contributed by atoms with Crippen molar-refractivity contribution < 1.29 is 0 Å². The van der Waals surface area contributed by atoms with Gasteiger partial charge in [0.15, 0.2) is 0 Å². The van der Waals surface area contributed by atoms with E-state index in [1.807, 2.05) is 0 Å². The van der Waals surface area contributed by atoms with Crippen molar-refractivity contribution in [3.63, 3.8) is 0 Å². The summed E-state index contributed by atoms with van der Waals surface area (Å²) in [7, 11) is 0. The van der Waals surface area contributed by atoms with Crippen molar-refractivity contribution in [1.82, 2.24) is 5.32 Å². The summed E-state index contributed by atoms with van der Waals surface area (Å²) in [5.41, 5.74) is 4.23. The van der Waals surface area contributed by atoms with Crippen molar-refractivity contribution in [3.05, 3.63) is 30.2 Å². The first-order valence-corrected chi connectivity index (χ1v) is 6.16. The van der Waals surface area contributed by atoms with E-state index in [9.17, 15) is 0 Å². The minimum absolute atomic E-state index is 0.840. The lowest BCUT2D eigenvalue weighted by Crippen LogP contribution is -2.15. The molecule has 1 nitrogen and oxygen atoms in total. The predicted molar refractivity (Wildman–Crippen MR) is 62.2 cm³/mol. The van der Waals surface area contributed by atoms with Gasteiger partial charge in [-0.1, -0.05) is 18.7 Å². The van der Waals surface area contributed by atoms with Crippen LogP contribution in [0.5, 0.6) is 0 Å². The van der Waals surface area contributed by atoms with Gasteiger partial charge in [0, 0.05) is 6.54 Å². The topological polar surface area (TPSA) is 12.0 Å². The van der Waals surface area contributed by atoms with Crippen LogP contribution in [0.2, 0.25) is 0 Å². The number of fused-ring (bicyclic) bond motifs is 2. The minimum Gasteiger partial charge on any atom is -0.382 e. The minimum atomic E-state index is 0.840. The first-order chi connectivity index (χ1) is 7.35. The van der Waals surface area contributed by atoms with Gasteiger partial charge in [0.25, 0.3) is 0 Å². The molecule has 2 bridgehead atoms. The molecular formula is C14H19N. The Bertz CT molecular complexity index is 335.